The number of aliphatic imine (C=N–C) groups is 2. The predicted molar refractivity (Wildman–Crippen MR) is 213 cm³/mol. The van der Waals surface area contributed by atoms with Gasteiger partial charge in [-0.2, -0.15) is 0 Å². The van der Waals surface area contributed by atoms with E-state index in [0.29, 0.717) is 31.5 Å². The molecule has 4 aliphatic rings. The van der Waals surface area contributed by atoms with Crippen LogP contribution in [0.3, 0.4) is 0 Å². The molecule has 8 rings (SSSR count). The Morgan fingerprint density at radius 2 is 1.24 bits per heavy atom. The van der Waals surface area contributed by atoms with Crippen LogP contribution in [0.25, 0.3) is 21.8 Å². The lowest BCUT2D eigenvalue weighted by molar-refractivity contribution is -0.143. The molecule has 0 saturated heterocycles. The van der Waals surface area contributed by atoms with Crippen LogP contribution in [-0.2, 0) is 9.53 Å². The number of nitrogens with one attached hydrogen (secondary N) is 4. The first kappa shape index (κ1) is 34.3. The maximum atomic E-state index is 12.6. The number of ether oxygens (including phenoxy) is 1. The summed E-state index contributed by atoms with van der Waals surface area (Å²) in [6.07, 6.45) is 12.7. The van der Waals surface area contributed by atoms with E-state index in [1.807, 2.05) is 24.3 Å². The number of anilines is 2. The fraction of sp³-hybridized carbons (Fsp3) is 0.500. The molecule has 2 aliphatic heterocycles. The maximum absolute atomic E-state index is 12.6. The lowest BCUT2D eigenvalue weighted by Gasteiger charge is -2.14. The molecule has 2 aromatic carbocycles. The van der Waals surface area contributed by atoms with Gasteiger partial charge in [0.15, 0.2) is 0 Å². The van der Waals surface area contributed by atoms with E-state index in [0.717, 1.165) is 89.0 Å². The zero-order valence-corrected chi connectivity index (χ0v) is 31.3. The third-order valence-electron chi connectivity index (χ3n) is 10.3. The highest BCUT2D eigenvalue weighted by atomic mass is 35.5. The van der Waals surface area contributed by atoms with Gasteiger partial charge in [-0.25, -0.2) is 0 Å². The van der Waals surface area contributed by atoms with Crippen molar-refractivity contribution in [3.63, 3.8) is 0 Å². The Kier molecular flexibility index (Phi) is 10.6. The zero-order chi connectivity index (χ0) is 34.0. The van der Waals surface area contributed by atoms with E-state index in [2.05, 4.69) is 32.7 Å². The Bertz CT molecular complexity index is 1930. The number of thioether (sulfide) groups is 2. The lowest BCUT2D eigenvalue weighted by Crippen LogP contribution is -2.14. The standard InChI is InChI=1S/C38H44Cl2N6O2S2/c39-24-14-22-16-32(45-35(22)30(18-24)41-26-6-1-2-7-26)37-43-28(20-49-37)10-5-13-48-34(47)12-11-29-21-50-38(44-29)33-17-23-15-25(40)19-31(36(23)46-33)42-27-8-3-4-9-27/h14-19,26-29,41-42,45-46H,1-13,20-21H2. The number of benzene rings is 2. The van der Waals surface area contributed by atoms with Crippen LogP contribution in [0.4, 0.5) is 11.4 Å². The topological polar surface area (TPSA) is 107 Å². The molecule has 264 valence electrons. The third kappa shape index (κ3) is 7.98. The van der Waals surface area contributed by atoms with Crippen molar-refractivity contribution in [2.24, 2.45) is 9.98 Å². The number of aromatic amines is 2. The van der Waals surface area contributed by atoms with Crippen molar-refractivity contribution in [3.05, 3.63) is 57.8 Å². The molecule has 4 N–H and O–H groups in total. The lowest BCUT2D eigenvalue weighted by atomic mass is 10.2. The molecule has 2 aliphatic carbocycles. The predicted octanol–water partition coefficient (Wildman–Crippen LogP) is 10.2. The van der Waals surface area contributed by atoms with Crippen molar-refractivity contribution in [2.75, 3.05) is 28.7 Å². The molecule has 2 unspecified atom stereocenters. The average Bonchev–Trinajstić information content (AvgIpc) is 3.94. The Hall–Kier alpha value is -2.79. The van der Waals surface area contributed by atoms with Gasteiger partial charge in [0, 0.05) is 50.8 Å². The second-order valence-corrected chi connectivity index (χ2v) is 17.0. The smallest absolute Gasteiger partial charge is 0.305 e. The van der Waals surface area contributed by atoms with Gasteiger partial charge in [0.2, 0.25) is 0 Å². The Morgan fingerprint density at radius 3 is 1.76 bits per heavy atom. The van der Waals surface area contributed by atoms with Crippen LogP contribution in [0.5, 0.6) is 0 Å². The van der Waals surface area contributed by atoms with Gasteiger partial charge in [-0.15, -0.1) is 23.5 Å². The van der Waals surface area contributed by atoms with Crippen LogP contribution in [0, 0.1) is 0 Å². The van der Waals surface area contributed by atoms with Crippen LogP contribution in [0.15, 0.2) is 46.4 Å². The number of H-pyrrole nitrogens is 2. The second kappa shape index (κ2) is 15.4. The van der Waals surface area contributed by atoms with E-state index in [4.69, 9.17) is 37.9 Å². The number of carbonyl (C=O) groups excluding carboxylic acids is 1. The van der Waals surface area contributed by atoms with Crippen molar-refractivity contribution in [2.45, 2.75) is 101 Å². The number of hydrogen-bond donors (Lipinski definition) is 4. The summed E-state index contributed by atoms with van der Waals surface area (Å²) >= 11 is 16.5. The van der Waals surface area contributed by atoms with E-state index in [9.17, 15) is 4.79 Å². The van der Waals surface area contributed by atoms with Gasteiger partial charge in [-0.1, -0.05) is 48.9 Å². The molecule has 2 aromatic heterocycles. The van der Waals surface area contributed by atoms with Crippen LogP contribution >= 0.6 is 46.7 Å². The molecule has 0 amide bonds. The molecule has 2 atom stereocenters. The van der Waals surface area contributed by atoms with Gasteiger partial charge < -0.3 is 25.3 Å². The number of aromatic nitrogens is 2. The minimum atomic E-state index is -0.148. The maximum Gasteiger partial charge on any atom is 0.305 e. The monoisotopic (exact) mass is 750 g/mol. The zero-order valence-electron chi connectivity index (χ0n) is 28.2. The fourth-order valence-electron chi connectivity index (χ4n) is 7.74. The molecule has 4 aromatic rings. The van der Waals surface area contributed by atoms with Gasteiger partial charge >= 0.3 is 5.97 Å². The molecule has 2 fully saturated rings. The summed E-state index contributed by atoms with van der Waals surface area (Å²) in [7, 11) is 0. The van der Waals surface area contributed by atoms with Crippen molar-refractivity contribution in [1.82, 2.24) is 9.97 Å². The molecule has 4 heterocycles. The highest BCUT2D eigenvalue weighted by Crippen LogP contribution is 2.36. The first-order valence-electron chi connectivity index (χ1n) is 18.2. The number of nitrogens with zero attached hydrogens (tertiary/aromatic N) is 2. The molecule has 2 saturated carbocycles. The van der Waals surface area contributed by atoms with Gasteiger partial charge in [-0.05, 0) is 81.3 Å². The summed E-state index contributed by atoms with van der Waals surface area (Å²) in [5, 5.41) is 13.1. The quantitative estimate of drug-likeness (QED) is 0.0801. The molecule has 50 heavy (non-hydrogen) atoms. The summed E-state index contributed by atoms with van der Waals surface area (Å²) < 4.78 is 5.62. The molecule has 0 bridgehead atoms. The molecular formula is C38H44Cl2N6O2S2. The molecule has 0 radical (unpaired) electrons. The molecule has 12 heteroatoms. The number of fused-ring (bicyclic) bond motifs is 2. The Balaban J connectivity index is 0.793. The first-order chi connectivity index (χ1) is 24.4. The van der Waals surface area contributed by atoms with Gasteiger partial charge in [-0.3, -0.25) is 14.8 Å². The van der Waals surface area contributed by atoms with Crippen molar-refractivity contribution in [1.29, 1.82) is 0 Å². The molecule has 0 spiro atoms. The Morgan fingerprint density at radius 1 is 0.740 bits per heavy atom. The van der Waals surface area contributed by atoms with Gasteiger partial charge in [0.1, 0.15) is 10.1 Å². The van der Waals surface area contributed by atoms with E-state index in [-0.39, 0.29) is 18.1 Å². The molecular weight excluding hydrogens is 707 g/mol. The summed E-state index contributed by atoms with van der Waals surface area (Å²) in [5.41, 5.74) is 6.37. The SMILES string of the molecule is O=C(CCC1CSC(c2cc3cc(Cl)cc(NC4CCCC4)c3[nH]2)=N1)OCCCC1CSC(c2cc3cc(Cl)cc(NC4CCCC4)c3[nH]2)=N1. The van der Waals surface area contributed by atoms with E-state index in [1.165, 1.54) is 51.4 Å². The highest BCUT2D eigenvalue weighted by Gasteiger charge is 2.25. The minimum Gasteiger partial charge on any atom is -0.466 e. The fourth-order valence-corrected chi connectivity index (χ4v) is 10.4. The van der Waals surface area contributed by atoms with Crippen LogP contribution in [0.2, 0.25) is 10.0 Å². The van der Waals surface area contributed by atoms with Crippen LogP contribution in [-0.4, -0.2) is 68.3 Å². The number of carbonyl (C=O) groups is 1. The normalized spacial score (nSPS) is 21.4. The largest absolute Gasteiger partial charge is 0.466 e. The third-order valence-corrected chi connectivity index (χ3v) is 13.1. The van der Waals surface area contributed by atoms with E-state index in [1.54, 1.807) is 23.5 Å². The van der Waals surface area contributed by atoms with E-state index >= 15 is 0 Å². The number of esters is 1. The number of halogens is 2. The average molecular weight is 752 g/mol. The summed E-state index contributed by atoms with van der Waals surface area (Å²) in [4.78, 5) is 29.8. The van der Waals surface area contributed by atoms with Crippen molar-refractivity contribution < 1.29 is 9.53 Å². The van der Waals surface area contributed by atoms with E-state index < -0.39 is 0 Å². The minimum absolute atomic E-state index is 0.104. The highest BCUT2D eigenvalue weighted by molar-refractivity contribution is 8.15. The van der Waals surface area contributed by atoms with Gasteiger partial charge in [0.25, 0.3) is 0 Å². The van der Waals surface area contributed by atoms with Crippen molar-refractivity contribution in [3.8, 4) is 0 Å². The first-order valence-corrected chi connectivity index (χ1v) is 20.9. The summed E-state index contributed by atoms with van der Waals surface area (Å²) in [6.45, 7) is 0.425. The van der Waals surface area contributed by atoms with Gasteiger partial charge in [0.05, 0.1) is 52.5 Å². The van der Waals surface area contributed by atoms with Crippen molar-refractivity contribution >= 4 is 96.0 Å². The number of rotatable bonds is 13. The Labute approximate surface area is 311 Å². The van der Waals surface area contributed by atoms with Crippen LogP contribution < -0.4 is 10.6 Å². The summed E-state index contributed by atoms with van der Waals surface area (Å²) in [5.74, 6) is 1.66. The molecule has 8 nitrogen and oxygen atoms in total. The number of hydrogen-bond acceptors (Lipinski definition) is 8. The second-order valence-electron chi connectivity index (χ2n) is 14.2. The van der Waals surface area contributed by atoms with Crippen LogP contribution in [0.1, 0.15) is 88.4 Å². The summed E-state index contributed by atoms with van der Waals surface area (Å²) in [6, 6.07) is 13.7.